The number of benzene rings is 1. The number of ether oxygens (including phenoxy) is 4. The van der Waals surface area contributed by atoms with Crippen molar-refractivity contribution >= 4 is 17.8 Å². The van der Waals surface area contributed by atoms with Gasteiger partial charge in [0, 0.05) is 19.0 Å². The average molecular weight is 353 g/mol. The smallest absolute Gasteiger partial charge is 0.338 e. The molecule has 0 aliphatic heterocycles. The average Bonchev–Trinajstić information content (AvgIpc) is 2.62. The molecule has 0 spiro atoms. The fraction of sp³-hybridized carbons (Fsp3) is 0.471. The maximum Gasteiger partial charge on any atom is 0.338 e. The van der Waals surface area contributed by atoms with E-state index in [2.05, 4.69) is 5.32 Å². The van der Waals surface area contributed by atoms with Crippen LogP contribution in [0.1, 0.15) is 30.1 Å². The van der Waals surface area contributed by atoms with Crippen molar-refractivity contribution in [3.05, 3.63) is 23.8 Å². The molecule has 0 aliphatic carbocycles. The summed E-state index contributed by atoms with van der Waals surface area (Å²) in [5, 5.41) is 2.56. The first-order valence-electron chi connectivity index (χ1n) is 7.82. The molecular formula is C17H23NO7. The van der Waals surface area contributed by atoms with Gasteiger partial charge < -0.3 is 24.3 Å². The molecule has 1 amide bonds. The fourth-order valence-corrected chi connectivity index (χ4v) is 1.88. The first-order valence-corrected chi connectivity index (χ1v) is 7.82. The highest BCUT2D eigenvalue weighted by atomic mass is 16.5. The second-order valence-corrected chi connectivity index (χ2v) is 4.94. The largest absolute Gasteiger partial charge is 0.497 e. The molecule has 1 N–H and O–H groups in total. The molecule has 1 aromatic carbocycles. The van der Waals surface area contributed by atoms with E-state index in [1.54, 1.807) is 13.0 Å². The summed E-state index contributed by atoms with van der Waals surface area (Å²) in [6.07, 6.45) is 0.670. The number of hydrogen-bond acceptors (Lipinski definition) is 7. The van der Waals surface area contributed by atoms with Gasteiger partial charge in [-0.2, -0.15) is 0 Å². The van der Waals surface area contributed by atoms with Gasteiger partial charge in [-0.25, -0.2) is 4.79 Å². The van der Waals surface area contributed by atoms with Crippen LogP contribution in [-0.2, 0) is 19.1 Å². The van der Waals surface area contributed by atoms with Gasteiger partial charge in [0.1, 0.15) is 11.5 Å². The van der Waals surface area contributed by atoms with Crippen molar-refractivity contribution in [2.45, 2.75) is 19.8 Å². The van der Waals surface area contributed by atoms with Gasteiger partial charge in [0.15, 0.2) is 6.61 Å². The van der Waals surface area contributed by atoms with Crippen LogP contribution in [0.15, 0.2) is 18.2 Å². The second-order valence-electron chi connectivity index (χ2n) is 4.94. The Morgan fingerprint density at radius 3 is 2.20 bits per heavy atom. The quantitative estimate of drug-likeness (QED) is 0.500. The summed E-state index contributed by atoms with van der Waals surface area (Å²) in [4.78, 5) is 34.8. The molecule has 0 bridgehead atoms. The Morgan fingerprint density at radius 2 is 1.64 bits per heavy atom. The van der Waals surface area contributed by atoms with Crippen LogP contribution < -0.4 is 14.8 Å². The molecule has 25 heavy (non-hydrogen) atoms. The minimum Gasteiger partial charge on any atom is -0.497 e. The number of amides is 1. The molecule has 0 unspecified atom stereocenters. The highest BCUT2D eigenvalue weighted by molar-refractivity contribution is 5.92. The Kier molecular flexibility index (Phi) is 8.84. The number of carbonyl (C=O) groups is 3. The highest BCUT2D eigenvalue weighted by Crippen LogP contribution is 2.22. The van der Waals surface area contributed by atoms with E-state index in [0.717, 1.165) is 0 Å². The predicted molar refractivity (Wildman–Crippen MR) is 88.7 cm³/mol. The molecular weight excluding hydrogens is 330 g/mol. The van der Waals surface area contributed by atoms with Crippen LogP contribution in [0, 0.1) is 0 Å². The Morgan fingerprint density at radius 1 is 1.00 bits per heavy atom. The van der Waals surface area contributed by atoms with Crippen molar-refractivity contribution in [3.63, 3.8) is 0 Å². The van der Waals surface area contributed by atoms with E-state index in [9.17, 15) is 14.4 Å². The number of rotatable bonds is 10. The second kappa shape index (κ2) is 10.9. The molecule has 0 atom stereocenters. The molecule has 138 valence electrons. The summed E-state index contributed by atoms with van der Waals surface area (Å²) in [5.41, 5.74) is 0.214. The van der Waals surface area contributed by atoms with E-state index in [1.165, 1.54) is 26.4 Å². The van der Waals surface area contributed by atoms with Gasteiger partial charge in [-0.05, 0) is 25.5 Å². The van der Waals surface area contributed by atoms with E-state index in [4.69, 9.17) is 18.9 Å². The van der Waals surface area contributed by atoms with Gasteiger partial charge in [-0.1, -0.05) is 0 Å². The fourth-order valence-electron chi connectivity index (χ4n) is 1.88. The van der Waals surface area contributed by atoms with Crippen LogP contribution in [-0.4, -0.2) is 51.8 Å². The highest BCUT2D eigenvalue weighted by Gasteiger charge is 2.13. The number of carbonyl (C=O) groups excluding carboxylic acids is 3. The van der Waals surface area contributed by atoms with Crippen molar-refractivity contribution < 1.29 is 33.3 Å². The normalized spacial score (nSPS) is 9.88. The predicted octanol–water partition coefficient (Wildman–Crippen LogP) is 1.32. The van der Waals surface area contributed by atoms with E-state index in [1.807, 2.05) is 0 Å². The monoisotopic (exact) mass is 353 g/mol. The minimum absolute atomic E-state index is 0.214. The van der Waals surface area contributed by atoms with Gasteiger partial charge >= 0.3 is 11.9 Å². The van der Waals surface area contributed by atoms with E-state index in [-0.39, 0.29) is 18.0 Å². The van der Waals surface area contributed by atoms with Gasteiger partial charge in [0.05, 0.1) is 26.4 Å². The Labute approximate surface area is 146 Å². The van der Waals surface area contributed by atoms with Gasteiger partial charge in [-0.15, -0.1) is 0 Å². The molecule has 8 nitrogen and oxygen atoms in total. The number of hydrogen-bond donors (Lipinski definition) is 1. The summed E-state index contributed by atoms with van der Waals surface area (Å²) in [6.45, 7) is 1.93. The molecule has 0 saturated carbocycles. The van der Waals surface area contributed by atoms with Crippen LogP contribution >= 0.6 is 0 Å². The van der Waals surface area contributed by atoms with E-state index < -0.39 is 18.5 Å². The zero-order valence-corrected chi connectivity index (χ0v) is 14.6. The van der Waals surface area contributed by atoms with Gasteiger partial charge in [-0.3, -0.25) is 9.59 Å². The third-order valence-electron chi connectivity index (χ3n) is 3.11. The third kappa shape index (κ3) is 7.56. The molecule has 0 aliphatic rings. The molecule has 0 heterocycles. The summed E-state index contributed by atoms with van der Waals surface area (Å²) < 4.78 is 19.9. The standard InChI is InChI=1S/C17H23NO7/c1-4-24-16(20)6-5-7-18-15(19)11-25-17(21)12-8-13(22-2)10-14(9-12)23-3/h8-10H,4-7,11H2,1-3H3,(H,18,19). The van der Waals surface area contributed by atoms with Crippen LogP contribution in [0.5, 0.6) is 11.5 Å². The summed E-state index contributed by atoms with van der Waals surface area (Å²) in [7, 11) is 2.93. The van der Waals surface area contributed by atoms with Gasteiger partial charge in [0.25, 0.3) is 5.91 Å². The molecule has 0 fully saturated rings. The number of esters is 2. The SMILES string of the molecule is CCOC(=O)CCCNC(=O)COC(=O)c1cc(OC)cc(OC)c1. The molecule has 0 radical (unpaired) electrons. The summed E-state index contributed by atoms with van der Waals surface area (Å²) >= 11 is 0. The Balaban J connectivity index is 2.38. The zero-order valence-electron chi connectivity index (χ0n) is 14.6. The topological polar surface area (TPSA) is 100 Å². The van der Waals surface area contributed by atoms with Crippen LogP contribution in [0.4, 0.5) is 0 Å². The zero-order chi connectivity index (χ0) is 18.7. The lowest BCUT2D eigenvalue weighted by Crippen LogP contribution is -2.30. The Hall–Kier alpha value is -2.77. The molecule has 0 saturated heterocycles. The maximum absolute atomic E-state index is 12.0. The minimum atomic E-state index is -0.668. The third-order valence-corrected chi connectivity index (χ3v) is 3.11. The van der Waals surface area contributed by atoms with E-state index >= 15 is 0 Å². The molecule has 8 heteroatoms. The van der Waals surface area contributed by atoms with Crippen molar-refractivity contribution in [3.8, 4) is 11.5 Å². The molecule has 1 aromatic rings. The van der Waals surface area contributed by atoms with Crippen LogP contribution in [0.3, 0.4) is 0 Å². The van der Waals surface area contributed by atoms with E-state index in [0.29, 0.717) is 31.1 Å². The van der Waals surface area contributed by atoms with Crippen molar-refractivity contribution in [2.75, 3.05) is 34.0 Å². The van der Waals surface area contributed by atoms with Crippen LogP contribution in [0.25, 0.3) is 0 Å². The lowest BCUT2D eigenvalue weighted by molar-refractivity contribution is -0.143. The van der Waals surface area contributed by atoms with Gasteiger partial charge in [0.2, 0.25) is 0 Å². The molecule has 1 rings (SSSR count). The summed E-state index contributed by atoms with van der Waals surface area (Å²) in [5.74, 6) is -0.550. The first kappa shape index (κ1) is 20.3. The summed E-state index contributed by atoms with van der Waals surface area (Å²) in [6, 6.07) is 4.59. The van der Waals surface area contributed by atoms with Crippen molar-refractivity contribution in [1.82, 2.24) is 5.32 Å². The lowest BCUT2D eigenvalue weighted by atomic mass is 10.2. The lowest BCUT2D eigenvalue weighted by Gasteiger charge is -2.09. The number of methoxy groups -OCH3 is 2. The first-order chi connectivity index (χ1) is 12.0. The molecule has 0 aromatic heterocycles. The Bertz CT molecular complexity index is 578. The maximum atomic E-state index is 12.0. The van der Waals surface area contributed by atoms with Crippen molar-refractivity contribution in [1.29, 1.82) is 0 Å². The van der Waals surface area contributed by atoms with Crippen LogP contribution in [0.2, 0.25) is 0 Å². The van der Waals surface area contributed by atoms with Crippen molar-refractivity contribution in [2.24, 2.45) is 0 Å². The number of nitrogens with one attached hydrogen (secondary N) is 1.